The molecule has 3 nitrogen and oxygen atoms in total. The Morgan fingerprint density at radius 3 is 2.92 bits per heavy atom. The lowest BCUT2D eigenvalue weighted by Crippen LogP contribution is -2.11. The molecule has 0 amide bonds. The van der Waals surface area contributed by atoms with E-state index in [2.05, 4.69) is 31.2 Å². The van der Waals surface area contributed by atoms with E-state index in [0.717, 1.165) is 0 Å². The highest BCUT2D eigenvalue weighted by Crippen LogP contribution is 2.19. The molecule has 1 rings (SSSR count). The van der Waals surface area contributed by atoms with Crippen LogP contribution < -0.4 is 5.32 Å². The zero-order chi connectivity index (χ0) is 9.84. The first-order chi connectivity index (χ1) is 6.09. The normalized spacial score (nSPS) is 10.5. The maximum absolute atomic E-state index is 11.8. The average molecular weight is 272 g/mol. The van der Waals surface area contributed by atoms with E-state index >= 15 is 0 Å². The average Bonchev–Trinajstić information content (AvgIpc) is 2.06. The Bertz CT molecular complexity index is 297. The van der Waals surface area contributed by atoms with Crippen molar-refractivity contribution in [3.05, 3.63) is 16.0 Å². The minimum absolute atomic E-state index is 0.0139. The van der Waals surface area contributed by atoms with E-state index in [1.165, 1.54) is 6.20 Å². The summed E-state index contributed by atoms with van der Waals surface area (Å²) in [6, 6.07) is 0. The first-order valence-electron chi connectivity index (χ1n) is 3.29. The van der Waals surface area contributed by atoms with E-state index in [-0.39, 0.29) is 11.1 Å². The van der Waals surface area contributed by atoms with Gasteiger partial charge < -0.3 is 5.32 Å². The third-order valence-electron chi connectivity index (χ3n) is 1.14. The summed E-state index contributed by atoms with van der Waals surface area (Å²) in [7, 11) is 0. The van der Waals surface area contributed by atoms with E-state index in [4.69, 9.17) is 11.6 Å². The van der Waals surface area contributed by atoms with Crippen LogP contribution >= 0.6 is 27.5 Å². The van der Waals surface area contributed by atoms with Crippen LogP contribution in [0.25, 0.3) is 0 Å². The second-order valence-corrected chi connectivity index (χ2v) is 3.30. The fraction of sp³-hybridized carbons (Fsp3) is 0.333. The third-order valence-corrected chi connectivity index (χ3v) is 1.90. The van der Waals surface area contributed by atoms with Crippen molar-refractivity contribution < 1.29 is 8.78 Å². The number of alkyl halides is 2. The van der Waals surface area contributed by atoms with E-state index in [1.54, 1.807) is 0 Å². The van der Waals surface area contributed by atoms with E-state index in [9.17, 15) is 8.78 Å². The van der Waals surface area contributed by atoms with Gasteiger partial charge in [-0.3, -0.25) is 0 Å². The number of nitrogens with zero attached hydrogens (tertiary/aromatic N) is 2. The topological polar surface area (TPSA) is 37.8 Å². The van der Waals surface area contributed by atoms with Gasteiger partial charge in [0, 0.05) is 6.20 Å². The first kappa shape index (κ1) is 10.6. The number of hydrogen-bond acceptors (Lipinski definition) is 3. The Balaban J connectivity index is 2.70. The highest BCUT2D eigenvalue weighted by molar-refractivity contribution is 9.10. The molecule has 0 aliphatic heterocycles. The number of aromatic nitrogens is 2. The van der Waals surface area contributed by atoms with Crippen LogP contribution in [0.4, 0.5) is 14.6 Å². The molecular formula is C6H5BrClF2N3. The van der Waals surface area contributed by atoms with Gasteiger partial charge in [-0.25, -0.2) is 13.8 Å². The largest absolute Gasteiger partial charge is 0.363 e. The van der Waals surface area contributed by atoms with Gasteiger partial charge in [0.2, 0.25) is 5.28 Å². The molecule has 7 heteroatoms. The maximum atomic E-state index is 11.8. The van der Waals surface area contributed by atoms with Crippen LogP contribution in [-0.4, -0.2) is 22.9 Å². The van der Waals surface area contributed by atoms with Gasteiger partial charge in [0.05, 0.1) is 11.0 Å². The molecule has 0 aliphatic rings. The molecule has 1 N–H and O–H groups in total. The predicted molar refractivity (Wildman–Crippen MR) is 49.2 cm³/mol. The molecule has 0 aliphatic carbocycles. The zero-order valence-electron chi connectivity index (χ0n) is 6.27. The van der Waals surface area contributed by atoms with Crippen molar-refractivity contribution in [1.82, 2.24) is 9.97 Å². The van der Waals surface area contributed by atoms with E-state index in [0.29, 0.717) is 4.47 Å². The summed E-state index contributed by atoms with van der Waals surface area (Å²) in [6.07, 6.45) is -1.04. The van der Waals surface area contributed by atoms with Gasteiger partial charge >= 0.3 is 0 Å². The van der Waals surface area contributed by atoms with Crippen molar-refractivity contribution in [2.75, 3.05) is 11.9 Å². The highest BCUT2D eigenvalue weighted by atomic mass is 79.9. The number of nitrogens with one attached hydrogen (secondary N) is 1. The first-order valence-corrected chi connectivity index (χ1v) is 4.46. The minimum atomic E-state index is -2.43. The zero-order valence-corrected chi connectivity index (χ0v) is 8.61. The van der Waals surface area contributed by atoms with Crippen LogP contribution in [0, 0.1) is 0 Å². The molecule has 1 aromatic rings. The van der Waals surface area contributed by atoms with Gasteiger partial charge in [-0.2, -0.15) is 4.98 Å². The minimum Gasteiger partial charge on any atom is -0.363 e. The lowest BCUT2D eigenvalue weighted by molar-refractivity contribution is 0.163. The standard InChI is InChI=1S/C6H5BrClF2N3/c7-3-1-12-6(8)13-5(3)11-2-4(9)10/h1,4H,2H2,(H,11,12,13). The second kappa shape index (κ2) is 4.66. The molecule has 0 saturated carbocycles. The van der Waals surface area contributed by atoms with Crippen LogP contribution in [0.3, 0.4) is 0 Å². The van der Waals surface area contributed by atoms with Crippen LogP contribution in [0.15, 0.2) is 10.7 Å². The number of halogens is 4. The number of anilines is 1. The molecule has 0 spiro atoms. The molecule has 0 aromatic carbocycles. The molecule has 1 aromatic heterocycles. The predicted octanol–water partition coefficient (Wildman–Crippen LogP) is 2.57. The van der Waals surface area contributed by atoms with Crippen molar-refractivity contribution in [3.63, 3.8) is 0 Å². The van der Waals surface area contributed by atoms with Crippen LogP contribution in [0.1, 0.15) is 0 Å². The molecule has 0 bridgehead atoms. The van der Waals surface area contributed by atoms with Crippen LogP contribution in [-0.2, 0) is 0 Å². The van der Waals surface area contributed by atoms with Gasteiger partial charge in [0.15, 0.2) is 0 Å². The molecule has 0 fully saturated rings. The summed E-state index contributed by atoms with van der Waals surface area (Å²) in [5.41, 5.74) is 0. The third kappa shape index (κ3) is 3.40. The summed E-state index contributed by atoms with van der Waals surface area (Å²) in [5, 5.41) is 2.43. The lowest BCUT2D eigenvalue weighted by atomic mass is 10.5. The Morgan fingerprint density at radius 1 is 1.62 bits per heavy atom. The van der Waals surface area contributed by atoms with E-state index in [1.807, 2.05) is 0 Å². The van der Waals surface area contributed by atoms with Crippen molar-refractivity contribution in [2.24, 2.45) is 0 Å². The molecule has 0 atom stereocenters. The van der Waals surface area contributed by atoms with Gasteiger partial charge in [-0.1, -0.05) is 0 Å². The Hall–Kier alpha value is -0.490. The number of hydrogen-bond donors (Lipinski definition) is 1. The summed E-state index contributed by atoms with van der Waals surface area (Å²) in [6.45, 7) is -0.466. The Kier molecular flexibility index (Phi) is 3.80. The summed E-state index contributed by atoms with van der Waals surface area (Å²) in [4.78, 5) is 7.35. The quantitative estimate of drug-likeness (QED) is 0.859. The van der Waals surface area contributed by atoms with Crippen molar-refractivity contribution in [1.29, 1.82) is 0 Å². The maximum Gasteiger partial charge on any atom is 0.255 e. The fourth-order valence-electron chi connectivity index (χ4n) is 0.643. The van der Waals surface area contributed by atoms with Gasteiger partial charge in [-0.05, 0) is 27.5 Å². The molecular weight excluding hydrogens is 267 g/mol. The molecule has 0 saturated heterocycles. The Labute approximate surface area is 86.7 Å². The second-order valence-electron chi connectivity index (χ2n) is 2.11. The lowest BCUT2D eigenvalue weighted by Gasteiger charge is -2.05. The molecule has 1 heterocycles. The SMILES string of the molecule is FC(F)CNc1nc(Cl)ncc1Br. The smallest absolute Gasteiger partial charge is 0.255 e. The van der Waals surface area contributed by atoms with Crippen molar-refractivity contribution in [2.45, 2.75) is 6.43 Å². The molecule has 13 heavy (non-hydrogen) atoms. The van der Waals surface area contributed by atoms with Crippen molar-refractivity contribution >= 4 is 33.3 Å². The van der Waals surface area contributed by atoms with Crippen LogP contribution in [0.2, 0.25) is 5.28 Å². The monoisotopic (exact) mass is 271 g/mol. The molecule has 0 unspecified atom stereocenters. The summed E-state index contributed by atoms with van der Waals surface area (Å²) >= 11 is 8.55. The van der Waals surface area contributed by atoms with Gasteiger partial charge in [-0.15, -0.1) is 0 Å². The highest BCUT2D eigenvalue weighted by Gasteiger charge is 2.06. The van der Waals surface area contributed by atoms with Gasteiger partial charge in [0.1, 0.15) is 5.82 Å². The Morgan fingerprint density at radius 2 is 2.31 bits per heavy atom. The molecule has 72 valence electrons. The summed E-state index contributed by atoms with van der Waals surface area (Å²) in [5.74, 6) is 0.264. The van der Waals surface area contributed by atoms with E-state index < -0.39 is 13.0 Å². The van der Waals surface area contributed by atoms with Crippen LogP contribution in [0.5, 0.6) is 0 Å². The van der Waals surface area contributed by atoms with Crippen molar-refractivity contribution in [3.8, 4) is 0 Å². The summed E-state index contributed by atoms with van der Waals surface area (Å²) < 4.78 is 24.1. The van der Waals surface area contributed by atoms with Gasteiger partial charge in [0.25, 0.3) is 6.43 Å². The number of rotatable bonds is 3. The molecule has 0 radical (unpaired) electrons. The fourth-order valence-corrected chi connectivity index (χ4v) is 1.11.